The van der Waals surface area contributed by atoms with Gasteiger partial charge in [-0.25, -0.2) is 0 Å². The number of halogens is 1. The Morgan fingerprint density at radius 3 is 2.56 bits per heavy atom. The Bertz CT molecular complexity index is 409. The molecule has 1 amide bonds. The van der Waals surface area contributed by atoms with Gasteiger partial charge in [-0.1, -0.05) is 54.4 Å². The second-order valence-electron chi connectivity index (χ2n) is 5.74. The third kappa shape index (κ3) is 4.45. The largest absolute Gasteiger partial charge is 0.349 e. The minimum atomic E-state index is 0.0135. The Morgan fingerprint density at radius 2 is 2.06 bits per heavy atom. The first kappa shape index (κ1) is 15.2. The van der Waals surface area contributed by atoms with Gasteiger partial charge in [-0.15, -0.1) is 0 Å². The van der Waals surface area contributed by atoms with Crippen molar-refractivity contribution in [3.63, 3.8) is 0 Å². The number of amides is 1. The van der Waals surface area contributed by atoms with E-state index >= 15 is 0 Å². The molecule has 0 radical (unpaired) electrons. The van der Waals surface area contributed by atoms with Gasteiger partial charge < -0.3 is 5.32 Å². The summed E-state index contributed by atoms with van der Waals surface area (Å²) in [4.78, 5) is 12.2. The van der Waals surface area contributed by atoms with Crippen LogP contribution in [0.3, 0.4) is 0 Å². The van der Waals surface area contributed by atoms with Crippen molar-refractivity contribution in [2.75, 3.05) is 5.33 Å². The van der Waals surface area contributed by atoms with Crippen LogP contribution < -0.4 is 5.32 Å². The lowest BCUT2D eigenvalue weighted by atomic mass is 9.85. The van der Waals surface area contributed by atoms with E-state index in [9.17, 15) is 4.79 Å². The molecule has 2 nitrogen and oxygen atoms in total. The Balaban J connectivity index is 2.79. The summed E-state index contributed by atoms with van der Waals surface area (Å²) in [5.74, 6) is 0.0135. The van der Waals surface area contributed by atoms with Crippen molar-refractivity contribution in [2.24, 2.45) is 5.41 Å². The van der Waals surface area contributed by atoms with Crippen LogP contribution in [0.5, 0.6) is 0 Å². The van der Waals surface area contributed by atoms with Gasteiger partial charge in [0.1, 0.15) is 0 Å². The zero-order valence-corrected chi connectivity index (χ0v) is 13.2. The molecule has 0 heterocycles. The van der Waals surface area contributed by atoms with Crippen LogP contribution in [-0.2, 0) is 0 Å². The number of nitrogens with one attached hydrogen (secondary N) is 1. The number of benzene rings is 1. The highest BCUT2D eigenvalue weighted by molar-refractivity contribution is 9.09. The van der Waals surface area contributed by atoms with Crippen molar-refractivity contribution < 1.29 is 4.79 Å². The molecular formula is C15H22BrNO. The molecule has 0 aliphatic heterocycles. The van der Waals surface area contributed by atoms with Crippen molar-refractivity contribution in [1.82, 2.24) is 5.32 Å². The maximum absolute atomic E-state index is 12.2. The number of aryl methyl sites for hydroxylation is 1. The smallest absolute Gasteiger partial charge is 0.251 e. The quantitative estimate of drug-likeness (QED) is 0.839. The molecule has 1 N–H and O–H groups in total. The molecule has 0 spiro atoms. The monoisotopic (exact) mass is 311 g/mol. The van der Waals surface area contributed by atoms with Crippen LogP contribution in [0, 0.1) is 12.3 Å². The van der Waals surface area contributed by atoms with Crippen LogP contribution in [0.25, 0.3) is 0 Å². The maximum Gasteiger partial charge on any atom is 0.251 e. The molecule has 0 aliphatic rings. The Hall–Kier alpha value is -0.830. The third-order valence-corrected chi connectivity index (χ3v) is 3.49. The summed E-state index contributed by atoms with van der Waals surface area (Å²) in [5.41, 5.74) is 1.90. The SMILES string of the molecule is Cc1cccc(C(=O)NC(CCBr)C(C)(C)C)c1. The van der Waals surface area contributed by atoms with Crippen LogP contribution in [0.4, 0.5) is 0 Å². The molecule has 0 fully saturated rings. The van der Waals surface area contributed by atoms with Gasteiger partial charge in [0, 0.05) is 16.9 Å². The van der Waals surface area contributed by atoms with Crippen LogP contribution in [0.2, 0.25) is 0 Å². The molecule has 0 saturated heterocycles. The van der Waals surface area contributed by atoms with Gasteiger partial charge in [0.25, 0.3) is 5.91 Å². The molecule has 1 atom stereocenters. The van der Waals surface area contributed by atoms with E-state index in [2.05, 4.69) is 42.0 Å². The van der Waals surface area contributed by atoms with E-state index in [0.29, 0.717) is 0 Å². The summed E-state index contributed by atoms with van der Waals surface area (Å²) in [6.07, 6.45) is 0.932. The summed E-state index contributed by atoms with van der Waals surface area (Å²) in [5, 5.41) is 4.02. The molecule has 18 heavy (non-hydrogen) atoms. The molecule has 0 aromatic heterocycles. The van der Waals surface area contributed by atoms with Crippen LogP contribution in [0.15, 0.2) is 24.3 Å². The number of rotatable bonds is 4. The molecule has 0 aliphatic carbocycles. The lowest BCUT2D eigenvalue weighted by Crippen LogP contribution is -2.44. The van der Waals surface area contributed by atoms with Gasteiger partial charge >= 0.3 is 0 Å². The molecule has 1 unspecified atom stereocenters. The molecular weight excluding hydrogens is 290 g/mol. The van der Waals surface area contributed by atoms with Crippen molar-refractivity contribution in [3.05, 3.63) is 35.4 Å². The Morgan fingerprint density at radius 1 is 1.39 bits per heavy atom. The number of carbonyl (C=O) groups is 1. The van der Waals surface area contributed by atoms with E-state index in [1.54, 1.807) is 0 Å². The average molecular weight is 312 g/mol. The van der Waals surface area contributed by atoms with Gasteiger partial charge in [-0.2, -0.15) is 0 Å². The number of alkyl halides is 1. The second-order valence-corrected chi connectivity index (χ2v) is 6.53. The van der Waals surface area contributed by atoms with Gasteiger partial charge in [0.05, 0.1) is 0 Å². The van der Waals surface area contributed by atoms with E-state index in [4.69, 9.17) is 0 Å². The minimum Gasteiger partial charge on any atom is -0.349 e. The summed E-state index contributed by atoms with van der Waals surface area (Å²) in [6.45, 7) is 8.45. The number of hydrogen-bond donors (Lipinski definition) is 1. The first-order chi connectivity index (χ1) is 8.34. The molecule has 0 bridgehead atoms. The third-order valence-electron chi connectivity index (χ3n) is 3.03. The molecule has 1 rings (SSSR count). The Kier molecular flexibility index (Phi) is 5.39. The summed E-state index contributed by atoms with van der Waals surface area (Å²) in [7, 11) is 0. The first-order valence-electron chi connectivity index (χ1n) is 6.28. The van der Waals surface area contributed by atoms with E-state index in [-0.39, 0.29) is 17.4 Å². The first-order valence-corrected chi connectivity index (χ1v) is 7.40. The fraction of sp³-hybridized carbons (Fsp3) is 0.533. The van der Waals surface area contributed by atoms with Crippen LogP contribution in [-0.4, -0.2) is 17.3 Å². The van der Waals surface area contributed by atoms with Crippen molar-refractivity contribution in [3.8, 4) is 0 Å². The zero-order chi connectivity index (χ0) is 13.8. The lowest BCUT2D eigenvalue weighted by Gasteiger charge is -2.31. The summed E-state index contributed by atoms with van der Waals surface area (Å²) in [6, 6.07) is 7.86. The predicted octanol–water partition coefficient (Wildman–Crippen LogP) is 3.92. The normalized spacial score (nSPS) is 13.2. The van der Waals surface area contributed by atoms with Gasteiger partial charge in [0.2, 0.25) is 0 Å². The van der Waals surface area contributed by atoms with Crippen LogP contribution >= 0.6 is 15.9 Å². The maximum atomic E-state index is 12.2. The number of hydrogen-bond acceptors (Lipinski definition) is 1. The van der Waals surface area contributed by atoms with Crippen LogP contribution in [0.1, 0.15) is 43.1 Å². The van der Waals surface area contributed by atoms with Gasteiger partial charge in [-0.05, 0) is 30.9 Å². The second kappa shape index (κ2) is 6.37. The van der Waals surface area contributed by atoms with Crippen molar-refractivity contribution in [1.29, 1.82) is 0 Å². The topological polar surface area (TPSA) is 29.1 Å². The standard InChI is InChI=1S/C15H22BrNO/c1-11-6-5-7-12(10-11)14(18)17-13(8-9-16)15(2,3)4/h5-7,10,13H,8-9H2,1-4H3,(H,17,18). The predicted molar refractivity (Wildman–Crippen MR) is 80.3 cm³/mol. The highest BCUT2D eigenvalue weighted by atomic mass is 79.9. The summed E-state index contributed by atoms with van der Waals surface area (Å²) < 4.78 is 0. The number of carbonyl (C=O) groups excluding carboxylic acids is 1. The van der Waals surface area contributed by atoms with Gasteiger partial charge in [-0.3, -0.25) is 4.79 Å². The fourth-order valence-electron chi connectivity index (χ4n) is 1.86. The molecule has 1 aromatic rings. The Labute approximate surface area is 118 Å². The average Bonchev–Trinajstić information content (AvgIpc) is 2.27. The minimum absolute atomic E-state index is 0.0135. The molecule has 0 saturated carbocycles. The van der Waals surface area contributed by atoms with E-state index in [1.807, 2.05) is 31.2 Å². The lowest BCUT2D eigenvalue weighted by molar-refractivity contribution is 0.0900. The van der Waals surface area contributed by atoms with Crippen molar-refractivity contribution in [2.45, 2.75) is 40.2 Å². The van der Waals surface area contributed by atoms with E-state index in [0.717, 1.165) is 22.9 Å². The fourth-order valence-corrected chi connectivity index (χ4v) is 2.32. The highest BCUT2D eigenvalue weighted by Crippen LogP contribution is 2.23. The molecule has 3 heteroatoms. The highest BCUT2D eigenvalue weighted by Gasteiger charge is 2.25. The molecule has 100 valence electrons. The summed E-state index contributed by atoms with van der Waals surface area (Å²) >= 11 is 3.45. The van der Waals surface area contributed by atoms with Gasteiger partial charge in [0.15, 0.2) is 0 Å². The zero-order valence-electron chi connectivity index (χ0n) is 11.6. The van der Waals surface area contributed by atoms with E-state index < -0.39 is 0 Å². The van der Waals surface area contributed by atoms with Crippen molar-refractivity contribution >= 4 is 21.8 Å². The molecule has 1 aromatic carbocycles. The van der Waals surface area contributed by atoms with E-state index in [1.165, 1.54) is 0 Å².